The predicted molar refractivity (Wildman–Crippen MR) is 60.5 cm³/mol. The molecule has 0 bridgehead atoms. The van der Waals surface area contributed by atoms with E-state index < -0.39 is 11.6 Å². The molecule has 90 valence electrons. The molecule has 0 fully saturated rings. The third-order valence-corrected chi connectivity index (χ3v) is 2.42. The topological polar surface area (TPSA) is 40.7 Å². The van der Waals surface area contributed by atoms with Gasteiger partial charge in [-0.25, -0.2) is 13.8 Å². The Morgan fingerprint density at radius 2 is 2.18 bits per heavy atom. The van der Waals surface area contributed by atoms with Crippen molar-refractivity contribution < 1.29 is 8.78 Å². The first kappa shape index (κ1) is 11.7. The van der Waals surface area contributed by atoms with E-state index in [-0.39, 0.29) is 0 Å². The molecule has 0 unspecified atom stereocenters. The van der Waals surface area contributed by atoms with Gasteiger partial charge in [0.1, 0.15) is 17.5 Å². The third kappa shape index (κ3) is 2.88. The Balaban J connectivity index is 2.13. The van der Waals surface area contributed by atoms with Gasteiger partial charge in [0.2, 0.25) is 0 Å². The maximum atomic E-state index is 13.4. The minimum absolute atomic E-state index is 0.329. The molecule has 0 radical (unpaired) electrons. The van der Waals surface area contributed by atoms with Gasteiger partial charge in [-0.3, -0.25) is 0 Å². The Labute approximate surface area is 97.9 Å². The maximum absolute atomic E-state index is 13.4. The molecule has 3 nitrogen and oxygen atoms in total. The summed E-state index contributed by atoms with van der Waals surface area (Å²) >= 11 is 0. The number of hydrogen-bond acceptors (Lipinski definition) is 2. The number of benzene rings is 1. The highest BCUT2D eigenvalue weighted by molar-refractivity contribution is 5.22. The van der Waals surface area contributed by atoms with E-state index in [4.69, 9.17) is 0 Å². The van der Waals surface area contributed by atoms with Crippen molar-refractivity contribution in [3.8, 4) is 0 Å². The van der Waals surface area contributed by atoms with E-state index in [0.717, 1.165) is 11.8 Å². The quantitative estimate of drug-likeness (QED) is 0.853. The van der Waals surface area contributed by atoms with Crippen LogP contribution in [0.25, 0.3) is 0 Å². The van der Waals surface area contributed by atoms with E-state index in [2.05, 4.69) is 15.3 Å². The Bertz CT molecular complexity index is 508. The van der Waals surface area contributed by atoms with Crippen LogP contribution < -0.4 is 5.32 Å². The lowest BCUT2D eigenvalue weighted by atomic mass is 10.1. The highest BCUT2D eigenvalue weighted by Crippen LogP contribution is 2.13. The normalized spacial score (nSPS) is 10.8. The number of H-pyrrole nitrogens is 1. The minimum atomic E-state index is -0.568. The molecule has 2 aromatic rings. The Kier molecular flexibility index (Phi) is 3.49. The zero-order chi connectivity index (χ0) is 12.3. The van der Waals surface area contributed by atoms with E-state index in [1.165, 1.54) is 12.1 Å². The summed E-state index contributed by atoms with van der Waals surface area (Å²) in [6, 6.07) is 3.56. The highest BCUT2D eigenvalue weighted by atomic mass is 19.1. The van der Waals surface area contributed by atoms with Crippen LogP contribution in [0.5, 0.6) is 0 Å². The largest absolute Gasteiger partial charge is 0.345 e. The van der Waals surface area contributed by atoms with Gasteiger partial charge in [0.05, 0.1) is 0 Å². The van der Waals surface area contributed by atoms with Crippen LogP contribution in [0.3, 0.4) is 0 Å². The van der Waals surface area contributed by atoms with Gasteiger partial charge in [0, 0.05) is 30.9 Å². The summed E-state index contributed by atoms with van der Waals surface area (Å²) in [7, 11) is 1.83. The van der Waals surface area contributed by atoms with E-state index in [1.807, 2.05) is 7.05 Å². The van der Waals surface area contributed by atoms with Gasteiger partial charge in [-0.15, -0.1) is 0 Å². The number of rotatable bonds is 4. The van der Waals surface area contributed by atoms with Gasteiger partial charge < -0.3 is 10.3 Å². The third-order valence-electron chi connectivity index (χ3n) is 2.42. The summed E-state index contributed by atoms with van der Waals surface area (Å²) in [4.78, 5) is 7.21. The number of halogens is 2. The smallest absolute Gasteiger partial charge is 0.129 e. The maximum Gasteiger partial charge on any atom is 0.129 e. The second kappa shape index (κ2) is 5.05. The van der Waals surface area contributed by atoms with Crippen LogP contribution in [0.4, 0.5) is 8.78 Å². The first-order chi connectivity index (χ1) is 8.19. The van der Waals surface area contributed by atoms with E-state index >= 15 is 0 Å². The van der Waals surface area contributed by atoms with Crippen molar-refractivity contribution in [2.45, 2.75) is 13.0 Å². The molecular weight excluding hydrogens is 224 g/mol. The molecule has 0 spiro atoms. The van der Waals surface area contributed by atoms with E-state index in [0.29, 0.717) is 24.4 Å². The minimum Gasteiger partial charge on any atom is -0.345 e. The van der Waals surface area contributed by atoms with Gasteiger partial charge in [-0.2, -0.15) is 0 Å². The molecule has 1 aromatic carbocycles. The van der Waals surface area contributed by atoms with Crippen molar-refractivity contribution in [3.05, 3.63) is 53.1 Å². The lowest BCUT2D eigenvalue weighted by molar-refractivity contribution is 0.573. The lowest BCUT2D eigenvalue weighted by Crippen LogP contribution is -2.05. The van der Waals surface area contributed by atoms with E-state index in [1.54, 1.807) is 6.20 Å². The van der Waals surface area contributed by atoms with Gasteiger partial charge in [0.25, 0.3) is 0 Å². The highest BCUT2D eigenvalue weighted by Gasteiger charge is 2.07. The van der Waals surface area contributed by atoms with Crippen LogP contribution in [-0.4, -0.2) is 17.0 Å². The Morgan fingerprint density at radius 1 is 1.35 bits per heavy atom. The van der Waals surface area contributed by atoms with Crippen LogP contribution in [0.15, 0.2) is 24.4 Å². The van der Waals surface area contributed by atoms with Gasteiger partial charge in [0.15, 0.2) is 0 Å². The molecule has 0 saturated heterocycles. The average Bonchev–Trinajstić information content (AvgIpc) is 2.71. The Hall–Kier alpha value is -1.75. The lowest BCUT2D eigenvalue weighted by Gasteiger charge is -2.01. The van der Waals surface area contributed by atoms with Crippen LogP contribution in [0.2, 0.25) is 0 Å². The van der Waals surface area contributed by atoms with Gasteiger partial charge in [-0.05, 0) is 18.7 Å². The molecule has 0 aliphatic rings. The molecule has 17 heavy (non-hydrogen) atoms. The number of imidazole rings is 1. The molecule has 0 amide bonds. The van der Waals surface area contributed by atoms with Crippen molar-refractivity contribution in [2.75, 3.05) is 7.05 Å². The molecule has 2 N–H and O–H groups in total. The first-order valence-electron chi connectivity index (χ1n) is 5.30. The van der Waals surface area contributed by atoms with Crippen LogP contribution >= 0.6 is 0 Å². The fraction of sp³-hybridized carbons (Fsp3) is 0.250. The molecule has 2 rings (SSSR count). The number of aromatic amines is 1. The molecular formula is C12H13F2N3. The summed E-state index contributed by atoms with van der Waals surface area (Å²) in [5.74, 6) is -0.445. The second-order valence-corrected chi connectivity index (χ2v) is 3.80. The van der Waals surface area contributed by atoms with Crippen LogP contribution in [-0.2, 0) is 13.0 Å². The fourth-order valence-corrected chi connectivity index (χ4v) is 1.62. The zero-order valence-electron chi connectivity index (χ0n) is 9.43. The summed E-state index contributed by atoms with van der Waals surface area (Å²) in [5, 5.41) is 2.99. The van der Waals surface area contributed by atoms with Crippen molar-refractivity contribution in [1.29, 1.82) is 0 Å². The van der Waals surface area contributed by atoms with Crippen LogP contribution in [0.1, 0.15) is 17.1 Å². The molecule has 1 heterocycles. The van der Waals surface area contributed by atoms with Gasteiger partial charge >= 0.3 is 0 Å². The number of aromatic nitrogens is 2. The van der Waals surface area contributed by atoms with Crippen molar-refractivity contribution in [2.24, 2.45) is 0 Å². The SMILES string of the molecule is CNCc1cnc(Cc2ccc(F)cc2F)[nH]1. The molecule has 0 atom stereocenters. The number of hydrogen-bond donors (Lipinski definition) is 2. The van der Waals surface area contributed by atoms with Gasteiger partial charge in [-0.1, -0.05) is 6.07 Å². The molecule has 5 heteroatoms. The average molecular weight is 237 g/mol. The molecule has 1 aromatic heterocycles. The summed E-state index contributed by atoms with van der Waals surface area (Å²) in [6.07, 6.45) is 2.03. The van der Waals surface area contributed by atoms with Crippen LogP contribution in [0, 0.1) is 11.6 Å². The molecule has 0 saturated carbocycles. The summed E-state index contributed by atoms with van der Waals surface area (Å²) in [5.41, 5.74) is 1.36. The monoisotopic (exact) mass is 237 g/mol. The number of nitrogens with one attached hydrogen (secondary N) is 2. The first-order valence-corrected chi connectivity index (χ1v) is 5.30. The van der Waals surface area contributed by atoms with Crippen molar-refractivity contribution >= 4 is 0 Å². The second-order valence-electron chi connectivity index (χ2n) is 3.80. The fourth-order valence-electron chi connectivity index (χ4n) is 1.62. The standard InChI is InChI=1S/C12H13F2N3/c1-15-6-10-7-16-12(17-10)4-8-2-3-9(13)5-11(8)14/h2-3,5,7,15H,4,6H2,1H3,(H,16,17). The predicted octanol–water partition coefficient (Wildman–Crippen LogP) is 2.00. The molecule has 0 aliphatic heterocycles. The van der Waals surface area contributed by atoms with Crippen molar-refractivity contribution in [1.82, 2.24) is 15.3 Å². The molecule has 0 aliphatic carbocycles. The Morgan fingerprint density at radius 3 is 2.88 bits per heavy atom. The summed E-state index contributed by atoms with van der Waals surface area (Å²) < 4.78 is 26.1. The zero-order valence-corrected chi connectivity index (χ0v) is 9.43. The van der Waals surface area contributed by atoms with Crippen molar-refractivity contribution in [3.63, 3.8) is 0 Å². The summed E-state index contributed by atoms with van der Waals surface area (Å²) in [6.45, 7) is 0.679. The number of nitrogens with zero attached hydrogens (tertiary/aromatic N) is 1. The van der Waals surface area contributed by atoms with E-state index in [9.17, 15) is 8.78 Å².